The Morgan fingerprint density at radius 2 is 2.11 bits per heavy atom. The Balaban J connectivity index is 1.53. The number of piperidine rings is 1. The molecule has 144 valence electrons. The van der Waals surface area contributed by atoms with Gasteiger partial charge in [-0.1, -0.05) is 6.08 Å². The van der Waals surface area contributed by atoms with Crippen molar-refractivity contribution in [3.8, 4) is 5.75 Å². The Hall–Kier alpha value is -2.27. The molecule has 1 aromatic carbocycles. The van der Waals surface area contributed by atoms with Gasteiger partial charge in [0.15, 0.2) is 0 Å². The second kappa shape index (κ2) is 7.39. The fraction of sp³-hybridized carbons (Fsp3) is 0.500. The molecule has 5 heteroatoms. The number of hydrogen-bond acceptors (Lipinski definition) is 3. The lowest BCUT2D eigenvalue weighted by molar-refractivity contribution is -0.141. The molecule has 0 saturated carbocycles. The lowest BCUT2D eigenvalue weighted by atomic mass is 9.95. The summed E-state index contributed by atoms with van der Waals surface area (Å²) in [5.41, 5.74) is 3.74. The molecular formula is C22H29N3O2. The fourth-order valence-electron chi connectivity index (χ4n) is 4.44. The number of benzene rings is 1. The van der Waals surface area contributed by atoms with E-state index in [1.165, 1.54) is 16.5 Å². The van der Waals surface area contributed by atoms with E-state index in [4.69, 9.17) is 4.74 Å². The van der Waals surface area contributed by atoms with Gasteiger partial charge in [-0.3, -0.25) is 9.69 Å². The van der Waals surface area contributed by atoms with E-state index in [2.05, 4.69) is 48.1 Å². The van der Waals surface area contributed by atoms with Crippen molar-refractivity contribution in [1.82, 2.24) is 14.8 Å². The summed E-state index contributed by atoms with van der Waals surface area (Å²) in [5, 5.41) is 1.20. The summed E-state index contributed by atoms with van der Waals surface area (Å²) in [7, 11) is 1.70. The third-order valence-electron chi connectivity index (χ3n) is 5.98. The Morgan fingerprint density at radius 1 is 1.26 bits per heavy atom. The molecule has 0 spiro atoms. The van der Waals surface area contributed by atoms with Crippen LogP contribution < -0.4 is 4.74 Å². The minimum absolute atomic E-state index is 0.0435. The van der Waals surface area contributed by atoms with Gasteiger partial charge < -0.3 is 14.6 Å². The number of carbonyl (C=O) groups is 1. The van der Waals surface area contributed by atoms with Crippen molar-refractivity contribution in [3.05, 3.63) is 36.0 Å². The first-order valence-corrected chi connectivity index (χ1v) is 9.97. The minimum Gasteiger partial charge on any atom is -0.497 e. The van der Waals surface area contributed by atoms with Gasteiger partial charge in [0, 0.05) is 48.3 Å². The summed E-state index contributed by atoms with van der Waals surface area (Å²) < 4.78 is 5.39. The fourth-order valence-corrected chi connectivity index (χ4v) is 4.44. The van der Waals surface area contributed by atoms with Crippen molar-refractivity contribution in [2.75, 3.05) is 26.7 Å². The molecule has 4 rings (SSSR count). The first-order valence-electron chi connectivity index (χ1n) is 9.97. The maximum atomic E-state index is 12.9. The molecule has 27 heavy (non-hydrogen) atoms. The van der Waals surface area contributed by atoms with Crippen LogP contribution in [-0.2, 0) is 4.79 Å². The molecule has 2 aliphatic rings. The average Bonchev–Trinajstić information content (AvgIpc) is 3.11. The van der Waals surface area contributed by atoms with Crippen molar-refractivity contribution in [2.24, 2.45) is 0 Å². The van der Waals surface area contributed by atoms with E-state index in [0.29, 0.717) is 5.91 Å². The quantitative estimate of drug-likeness (QED) is 0.897. The number of likely N-dealkylation sites (tertiary alicyclic amines) is 1. The van der Waals surface area contributed by atoms with Crippen LogP contribution in [0.2, 0.25) is 0 Å². The molecule has 1 aromatic heterocycles. The second-order valence-corrected chi connectivity index (χ2v) is 7.87. The number of nitrogens with zero attached hydrogens (tertiary/aromatic N) is 2. The lowest BCUT2D eigenvalue weighted by Crippen LogP contribution is -2.55. The van der Waals surface area contributed by atoms with Gasteiger partial charge in [0.2, 0.25) is 5.91 Å². The number of hydrogen-bond donors (Lipinski definition) is 1. The van der Waals surface area contributed by atoms with E-state index in [1.807, 2.05) is 11.0 Å². The molecule has 1 fully saturated rings. The highest BCUT2D eigenvalue weighted by Crippen LogP contribution is 2.32. The lowest BCUT2D eigenvalue weighted by Gasteiger charge is -2.41. The van der Waals surface area contributed by atoms with E-state index in [-0.39, 0.29) is 12.1 Å². The SMILES string of the molecule is COc1ccc2[nH]cc(C3=CCN([C@@H]4CCCN(C(C)C)C4=O)CC3)c2c1. The number of methoxy groups -OCH3 is 1. The van der Waals surface area contributed by atoms with Gasteiger partial charge in [-0.25, -0.2) is 0 Å². The monoisotopic (exact) mass is 367 g/mol. The molecular weight excluding hydrogens is 338 g/mol. The van der Waals surface area contributed by atoms with Crippen LogP contribution in [0.4, 0.5) is 0 Å². The van der Waals surface area contributed by atoms with Crippen LogP contribution in [0.5, 0.6) is 5.75 Å². The molecule has 0 aliphatic carbocycles. The molecule has 0 bridgehead atoms. The van der Waals surface area contributed by atoms with E-state index in [9.17, 15) is 4.79 Å². The maximum absolute atomic E-state index is 12.9. The first-order chi connectivity index (χ1) is 13.1. The number of nitrogens with one attached hydrogen (secondary N) is 1. The highest BCUT2D eigenvalue weighted by atomic mass is 16.5. The number of carbonyl (C=O) groups excluding carboxylic acids is 1. The van der Waals surface area contributed by atoms with Crippen molar-refractivity contribution in [1.29, 1.82) is 0 Å². The third kappa shape index (κ3) is 3.36. The Bertz CT molecular complexity index is 868. The van der Waals surface area contributed by atoms with Crippen LogP contribution in [0.25, 0.3) is 16.5 Å². The standard InChI is InChI=1S/C22H29N3O2/c1-15(2)25-10-4-5-21(22(25)26)24-11-8-16(9-12-24)19-14-23-20-7-6-17(27-3)13-18(19)20/h6-8,13-15,21,23H,4-5,9-12H2,1-3H3/t21-/m1/s1. The summed E-state index contributed by atoms with van der Waals surface area (Å²) in [6.45, 7) is 6.90. The van der Waals surface area contributed by atoms with Crippen LogP contribution in [0.3, 0.4) is 0 Å². The number of fused-ring (bicyclic) bond motifs is 1. The zero-order valence-corrected chi connectivity index (χ0v) is 16.5. The number of ether oxygens (including phenoxy) is 1. The van der Waals surface area contributed by atoms with Crippen molar-refractivity contribution >= 4 is 22.4 Å². The number of rotatable bonds is 4. The number of amides is 1. The highest BCUT2D eigenvalue weighted by molar-refractivity contribution is 5.93. The number of aromatic nitrogens is 1. The Labute approximate surface area is 161 Å². The van der Waals surface area contributed by atoms with Crippen LogP contribution in [0.15, 0.2) is 30.5 Å². The zero-order chi connectivity index (χ0) is 19.0. The average molecular weight is 367 g/mol. The second-order valence-electron chi connectivity index (χ2n) is 7.87. The minimum atomic E-state index is 0.0435. The summed E-state index contributed by atoms with van der Waals surface area (Å²) in [6, 6.07) is 6.47. The van der Waals surface area contributed by atoms with Gasteiger partial charge in [0.05, 0.1) is 13.2 Å². The number of aromatic amines is 1. The highest BCUT2D eigenvalue weighted by Gasteiger charge is 2.34. The van der Waals surface area contributed by atoms with Gasteiger partial charge in [-0.2, -0.15) is 0 Å². The largest absolute Gasteiger partial charge is 0.497 e. The van der Waals surface area contributed by atoms with Gasteiger partial charge in [0.1, 0.15) is 5.75 Å². The molecule has 1 N–H and O–H groups in total. The predicted octanol–water partition coefficient (Wildman–Crippen LogP) is 3.67. The molecule has 3 heterocycles. The van der Waals surface area contributed by atoms with Crippen LogP contribution in [-0.4, -0.2) is 59.5 Å². The Kier molecular flexibility index (Phi) is 4.96. The molecule has 1 amide bonds. The molecule has 2 aliphatic heterocycles. The number of H-pyrrole nitrogens is 1. The van der Waals surface area contributed by atoms with E-state index in [0.717, 1.165) is 50.2 Å². The van der Waals surface area contributed by atoms with Crippen LogP contribution in [0, 0.1) is 0 Å². The van der Waals surface area contributed by atoms with Crippen molar-refractivity contribution in [3.63, 3.8) is 0 Å². The molecule has 0 radical (unpaired) electrons. The van der Waals surface area contributed by atoms with Gasteiger partial charge in [-0.15, -0.1) is 0 Å². The molecule has 0 unspecified atom stereocenters. The first kappa shape index (κ1) is 18.1. The Morgan fingerprint density at radius 3 is 2.81 bits per heavy atom. The molecule has 1 atom stereocenters. The van der Waals surface area contributed by atoms with Gasteiger partial charge >= 0.3 is 0 Å². The molecule has 1 saturated heterocycles. The zero-order valence-electron chi connectivity index (χ0n) is 16.5. The van der Waals surface area contributed by atoms with Crippen molar-refractivity contribution < 1.29 is 9.53 Å². The van der Waals surface area contributed by atoms with E-state index in [1.54, 1.807) is 7.11 Å². The van der Waals surface area contributed by atoms with Gasteiger partial charge in [-0.05, 0) is 56.9 Å². The molecule has 2 aromatic rings. The summed E-state index contributed by atoms with van der Waals surface area (Å²) in [5.74, 6) is 1.19. The van der Waals surface area contributed by atoms with Gasteiger partial charge in [0.25, 0.3) is 0 Å². The normalized spacial score (nSPS) is 21.8. The van der Waals surface area contributed by atoms with Crippen LogP contribution in [0.1, 0.15) is 38.7 Å². The summed E-state index contributed by atoms with van der Waals surface area (Å²) in [6.07, 6.45) is 7.44. The third-order valence-corrected chi connectivity index (χ3v) is 5.98. The van der Waals surface area contributed by atoms with E-state index >= 15 is 0 Å². The molecule has 5 nitrogen and oxygen atoms in total. The smallest absolute Gasteiger partial charge is 0.240 e. The predicted molar refractivity (Wildman–Crippen MR) is 109 cm³/mol. The van der Waals surface area contributed by atoms with E-state index < -0.39 is 0 Å². The summed E-state index contributed by atoms with van der Waals surface area (Å²) in [4.78, 5) is 20.6. The maximum Gasteiger partial charge on any atom is 0.240 e. The van der Waals surface area contributed by atoms with Crippen LogP contribution >= 0.6 is 0 Å². The summed E-state index contributed by atoms with van der Waals surface area (Å²) >= 11 is 0. The van der Waals surface area contributed by atoms with Crippen molar-refractivity contribution in [2.45, 2.75) is 45.2 Å². The topological polar surface area (TPSA) is 48.6 Å².